The fourth-order valence-electron chi connectivity index (χ4n) is 5.27. The van der Waals surface area contributed by atoms with Crippen LogP contribution in [0.3, 0.4) is 0 Å². The molecular weight excluding hydrogens is 471 g/mol. The predicted octanol–water partition coefficient (Wildman–Crippen LogP) is 4.53. The number of nitrogens with zero attached hydrogens (tertiary/aromatic N) is 6. The van der Waals surface area contributed by atoms with E-state index >= 15 is 0 Å². The second-order valence-corrected chi connectivity index (χ2v) is 10.2. The largest absolute Gasteiger partial charge is 0.395 e. The minimum atomic E-state index is -0.144. The molecule has 2 saturated heterocycles. The van der Waals surface area contributed by atoms with Gasteiger partial charge in [-0.3, -0.25) is 0 Å². The molecule has 0 unspecified atom stereocenters. The van der Waals surface area contributed by atoms with E-state index in [0.717, 1.165) is 55.3 Å². The maximum Gasteiger partial charge on any atom is 0.180 e. The molecule has 5 rings (SSSR count). The second kappa shape index (κ2) is 9.82. The number of aromatic nitrogens is 4. The Morgan fingerprint density at radius 1 is 1.24 bits per heavy atom. The first kappa shape index (κ1) is 23.5. The summed E-state index contributed by atoms with van der Waals surface area (Å²) in [6.45, 7) is 11.1. The van der Waals surface area contributed by atoms with E-state index in [0.29, 0.717) is 27.6 Å². The highest BCUT2D eigenvalue weighted by Crippen LogP contribution is 2.35. The lowest BCUT2D eigenvalue weighted by Gasteiger charge is -2.47. The van der Waals surface area contributed by atoms with E-state index in [1.54, 1.807) is 12.1 Å². The van der Waals surface area contributed by atoms with Gasteiger partial charge >= 0.3 is 0 Å². The Hall–Kier alpha value is -2.19. The van der Waals surface area contributed by atoms with Crippen LogP contribution in [0.5, 0.6) is 0 Å². The smallest absolute Gasteiger partial charge is 0.180 e. The van der Waals surface area contributed by atoms with Gasteiger partial charge in [0.15, 0.2) is 5.65 Å². The molecule has 0 amide bonds. The lowest BCUT2D eigenvalue weighted by atomic mass is 9.80. The summed E-state index contributed by atoms with van der Waals surface area (Å²) in [7, 11) is 0. The minimum absolute atomic E-state index is 0.144. The van der Waals surface area contributed by atoms with Gasteiger partial charge in [-0.2, -0.15) is 5.10 Å². The van der Waals surface area contributed by atoms with Crippen LogP contribution < -0.4 is 4.90 Å². The van der Waals surface area contributed by atoms with Gasteiger partial charge in [0.25, 0.3) is 0 Å². The van der Waals surface area contributed by atoms with E-state index in [1.807, 2.05) is 29.9 Å². The molecule has 2 atom stereocenters. The zero-order valence-electron chi connectivity index (χ0n) is 19.4. The normalized spacial score (nSPS) is 20.5. The summed E-state index contributed by atoms with van der Waals surface area (Å²) in [5.74, 6) is 2.20. The van der Waals surface area contributed by atoms with Crippen LogP contribution >= 0.6 is 23.2 Å². The van der Waals surface area contributed by atoms with Crippen molar-refractivity contribution in [3.05, 3.63) is 52.3 Å². The molecule has 34 heavy (non-hydrogen) atoms. The molecule has 0 aliphatic carbocycles. The topological polar surface area (TPSA) is 70.3 Å². The first-order valence-corrected chi connectivity index (χ1v) is 12.6. The van der Waals surface area contributed by atoms with Crippen LogP contribution in [0.4, 0.5) is 5.82 Å². The van der Waals surface area contributed by atoms with Crippen molar-refractivity contribution in [1.82, 2.24) is 24.6 Å². The molecule has 1 aromatic carbocycles. The van der Waals surface area contributed by atoms with Gasteiger partial charge in [0, 0.05) is 36.2 Å². The van der Waals surface area contributed by atoms with Gasteiger partial charge in [0.1, 0.15) is 17.0 Å². The maximum absolute atomic E-state index is 9.28. The maximum atomic E-state index is 9.28. The first-order valence-electron chi connectivity index (χ1n) is 11.9. The summed E-state index contributed by atoms with van der Waals surface area (Å²) in [6, 6.07) is 5.37. The van der Waals surface area contributed by atoms with E-state index in [-0.39, 0.29) is 12.6 Å². The summed E-state index contributed by atoms with van der Waals surface area (Å²) in [4.78, 5) is 14.4. The highest BCUT2D eigenvalue weighted by molar-refractivity contribution is 6.35. The molecule has 2 aliphatic rings. The SMILES string of the molecule is C=Cc1nn([C@H](C)c2ccc(Cl)cc2Cl)c2nc(N3CC([C@H]4CCCN(CCO)C4)C3)cnc12. The number of aliphatic hydroxyl groups is 1. The van der Waals surface area contributed by atoms with Crippen molar-refractivity contribution in [1.29, 1.82) is 0 Å². The monoisotopic (exact) mass is 500 g/mol. The third kappa shape index (κ3) is 4.42. The Labute approximate surface area is 210 Å². The summed E-state index contributed by atoms with van der Waals surface area (Å²) in [5, 5.41) is 15.2. The number of β-amino-alcohol motifs (C(OH)–C–C–N with tert-alkyl or cyclic N) is 1. The Morgan fingerprint density at radius 2 is 2.06 bits per heavy atom. The van der Waals surface area contributed by atoms with Gasteiger partial charge in [-0.1, -0.05) is 35.8 Å². The zero-order chi connectivity index (χ0) is 23.8. The van der Waals surface area contributed by atoms with Crippen molar-refractivity contribution in [3.63, 3.8) is 0 Å². The average molecular weight is 501 g/mol. The summed E-state index contributed by atoms with van der Waals surface area (Å²) in [5.41, 5.74) is 3.09. The lowest BCUT2D eigenvalue weighted by molar-refractivity contribution is 0.101. The Kier molecular flexibility index (Phi) is 6.80. The molecule has 7 nitrogen and oxygen atoms in total. The van der Waals surface area contributed by atoms with Gasteiger partial charge in [0.05, 0.1) is 18.8 Å². The van der Waals surface area contributed by atoms with Gasteiger partial charge < -0.3 is 14.9 Å². The van der Waals surface area contributed by atoms with Crippen LogP contribution in [0.1, 0.15) is 37.1 Å². The van der Waals surface area contributed by atoms with E-state index in [4.69, 9.17) is 38.3 Å². The van der Waals surface area contributed by atoms with Crippen LogP contribution in [0.2, 0.25) is 10.0 Å². The fraction of sp³-hybridized carbons (Fsp3) is 0.480. The van der Waals surface area contributed by atoms with Crippen LogP contribution in [0, 0.1) is 11.8 Å². The molecule has 3 aromatic rings. The molecule has 180 valence electrons. The van der Waals surface area contributed by atoms with E-state index in [9.17, 15) is 5.11 Å². The van der Waals surface area contributed by atoms with Gasteiger partial charge in [-0.15, -0.1) is 0 Å². The van der Waals surface area contributed by atoms with Crippen LogP contribution in [0.25, 0.3) is 17.2 Å². The number of rotatable bonds is 7. The predicted molar refractivity (Wildman–Crippen MR) is 138 cm³/mol. The molecule has 2 aromatic heterocycles. The third-order valence-electron chi connectivity index (χ3n) is 7.25. The molecule has 2 fully saturated rings. The van der Waals surface area contributed by atoms with Crippen molar-refractivity contribution in [2.75, 3.05) is 44.2 Å². The van der Waals surface area contributed by atoms with Crippen LogP contribution in [0.15, 0.2) is 31.0 Å². The summed E-state index contributed by atoms with van der Waals surface area (Å²) >= 11 is 12.6. The van der Waals surface area contributed by atoms with E-state index < -0.39 is 0 Å². The average Bonchev–Trinajstić information content (AvgIpc) is 3.16. The number of aliphatic hydroxyl groups excluding tert-OH is 1. The van der Waals surface area contributed by atoms with Crippen LogP contribution in [-0.4, -0.2) is 69.1 Å². The number of hydrogen-bond acceptors (Lipinski definition) is 6. The Morgan fingerprint density at radius 3 is 2.79 bits per heavy atom. The van der Waals surface area contributed by atoms with Crippen LogP contribution in [-0.2, 0) is 0 Å². The molecule has 4 heterocycles. The molecule has 0 spiro atoms. The van der Waals surface area contributed by atoms with Crippen molar-refractivity contribution < 1.29 is 5.11 Å². The number of fused-ring (bicyclic) bond motifs is 1. The molecule has 0 radical (unpaired) electrons. The zero-order valence-corrected chi connectivity index (χ0v) is 20.9. The fourth-order valence-corrected chi connectivity index (χ4v) is 5.84. The number of halogens is 2. The molecule has 9 heteroatoms. The van der Waals surface area contributed by atoms with Gasteiger partial charge in [-0.25, -0.2) is 14.6 Å². The molecular formula is C25H30Cl2N6O. The van der Waals surface area contributed by atoms with Crippen molar-refractivity contribution in [2.45, 2.75) is 25.8 Å². The molecule has 2 aliphatic heterocycles. The lowest BCUT2D eigenvalue weighted by Crippen LogP contribution is -2.54. The van der Waals surface area contributed by atoms with Crippen molar-refractivity contribution in [3.8, 4) is 0 Å². The number of benzene rings is 1. The first-order chi connectivity index (χ1) is 16.5. The van der Waals surface area contributed by atoms with E-state index in [2.05, 4.69) is 16.4 Å². The van der Waals surface area contributed by atoms with Gasteiger partial charge in [0.2, 0.25) is 0 Å². The molecule has 0 bridgehead atoms. The molecule has 1 N–H and O–H groups in total. The summed E-state index contributed by atoms with van der Waals surface area (Å²) in [6.07, 6.45) is 6.03. The molecule has 0 saturated carbocycles. The highest BCUT2D eigenvalue weighted by Gasteiger charge is 2.36. The standard InChI is InChI=1S/C25H30Cl2N6O/c1-3-22-24-25(33(30-22)16(2)20-7-6-19(26)11-21(20)27)29-23(12-28-24)32-14-18(15-32)17-5-4-8-31(13-17)9-10-34/h3,6-7,11-12,16-18,34H,1,4-5,8-10,13-15H2,2H3/t16-,17+/m1/s1. The second-order valence-electron chi connectivity index (χ2n) is 9.37. The van der Waals surface area contributed by atoms with Crippen molar-refractivity contribution >= 4 is 46.3 Å². The minimum Gasteiger partial charge on any atom is -0.395 e. The Balaban J connectivity index is 1.38. The number of likely N-dealkylation sites (tertiary alicyclic amines) is 1. The number of piperidine rings is 1. The van der Waals surface area contributed by atoms with E-state index in [1.165, 1.54) is 12.8 Å². The Bertz CT molecular complexity index is 1190. The quantitative estimate of drug-likeness (QED) is 0.513. The third-order valence-corrected chi connectivity index (χ3v) is 7.81. The summed E-state index contributed by atoms with van der Waals surface area (Å²) < 4.78 is 1.88. The van der Waals surface area contributed by atoms with Gasteiger partial charge in [-0.05, 0) is 61.9 Å². The highest BCUT2D eigenvalue weighted by atomic mass is 35.5. The number of hydrogen-bond donors (Lipinski definition) is 1. The number of anilines is 1. The van der Waals surface area contributed by atoms with Crippen molar-refractivity contribution in [2.24, 2.45) is 11.8 Å².